The molecule has 4 rings (SSSR count). The number of primary amides is 1. The quantitative estimate of drug-likeness (QED) is 0.546. The first-order chi connectivity index (χ1) is 15.4. The summed E-state index contributed by atoms with van der Waals surface area (Å²) in [7, 11) is 3.92. The summed E-state index contributed by atoms with van der Waals surface area (Å²) in [4.78, 5) is 34.6. The maximum Gasteiger partial charge on any atom is 0.261 e. The van der Waals surface area contributed by atoms with Gasteiger partial charge in [0.15, 0.2) is 0 Å². The molecule has 1 aliphatic rings. The number of anilines is 1. The molecule has 0 bridgehead atoms. The number of hydrogen-bond acceptors (Lipinski definition) is 7. The number of thiophene rings is 1. The average Bonchev–Trinajstić information content (AvgIpc) is 3.45. The fourth-order valence-corrected chi connectivity index (χ4v) is 4.54. The summed E-state index contributed by atoms with van der Waals surface area (Å²) < 4.78 is 5.53. The van der Waals surface area contributed by atoms with Gasteiger partial charge in [-0.2, -0.15) is 0 Å². The molecule has 8 nitrogen and oxygen atoms in total. The third-order valence-electron chi connectivity index (χ3n) is 5.16. The van der Waals surface area contributed by atoms with Gasteiger partial charge in [0.05, 0.1) is 23.4 Å². The number of fused-ring (bicyclic) bond motifs is 1. The van der Waals surface area contributed by atoms with Gasteiger partial charge in [-0.1, -0.05) is 12.2 Å². The summed E-state index contributed by atoms with van der Waals surface area (Å²) in [5.41, 5.74) is 8.26. The van der Waals surface area contributed by atoms with Gasteiger partial charge in [0.1, 0.15) is 11.8 Å². The summed E-state index contributed by atoms with van der Waals surface area (Å²) in [5.74, 6) is 0.156. The molecule has 0 spiro atoms. The SMILES string of the molecule is CN(C)CCNC(=O)c1ccc(-c2cncc3c2N(Cc2ccco2)C(C(N)=O)C=C3)s1. The first-order valence-electron chi connectivity index (χ1n) is 10.2. The number of carbonyl (C=O) groups excluding carboxylic acids is 2. The number of hydrogen-bond donors (Lipinski definition) is 2. The molecule has 1 atom stereocenters. The highest BCUT2D eigenvalue weighted by Gasteiger charge is 2.30. The fraction of sp³-hybridized carbons (Fsp3) is 0.261. The lowest BCUT2D eigenvalue weighted by Crippen LogP contribution is -2.45. The molecule has 0 radical (unpaired) electrons. The molecule has 3 N–H and O–H groups in total. The smallest absolute Gasteiger partial charge is 0.261 e. The topological polar surface area (TPSA) is 105 Å². The van der Waals surface area contributed by atoms with E-state index in [0.29, 0.717) is 23.7 Å². The third-order valence-corrected chi connectivity index (χ3v) is 6.28. The van der Waals surface area contributed by atoms with Crippen molar-refractivity contribution in [1.29, 1.82) is 0 Å². The highest BCUT2D eigenvalue weighted by atomic mass is 32.1. The number of pyridine rings is 1. The Morgan fingerprint density at radius 1 is 1.28 bits per heavy atom. The van der Waals surface area contributed by atoms with Crippen LogP contribution >= 0.6 is 11.3 Å². The van der Waals surface area contributed by atoms with Crippen molar-refractivity contribution in [3.8, 4) is 10.4 Å². The summed E-state index contributed by atoms with van der Waals surface area (Å²) in [6.07, 6.45) is 8.75. The first kappa shape index (κ1) is 21.8. The number of nitrogens with zero attached hydrogens (tertiary/aromatic N) is 3. The Balaban J connectivity index is 1.67. The Hall–Kier alpha value is -3.43. The lowest BCUT2D eigenvalue weighted by atomic mass is 9.99. The third kappa shape index (κ3) is 4.58. The molecule has 166 valence electrons. The number of nitrogens with two attached hydrogens (primary N) is 1. The highest BCUT2D eigenvalue weighted by Crippen LogP contribution is 2.41. The Morgan fingerprint density at radius 3 is 2.84 bits per heavy atom. The van der Waals surface area contributed by atoms with Crippen LogP contribution in [0.5, 0.6) is 0 Å². The first-order valence-corrected chi connectivity index (χ1v) is 11.0. The van der Waals surface area contributed by atoms with Crippen LogP contribution in [0.3, 0.4) is 0 Å². The van der Waals surface area contributed by atoms with Crippen molar-refractivity contribution in [2.45, 2.75) is 12.6 Å². The van der Waals surface area contributed by atoms with E-state index in [-0.39, 0.29) is 5.91 Å². The van der Waals surface area contributed by atoms with E-state index in [2.05, 4.69) is 10.3 Å². The van der Waals surface area contributed by atoms with Gasteiger partial charge >= 0.3 is 0 Å². The molecule has 3 aromatic rings. The van der Waals surface area contributed by atoms with Crippen molar-refractivity contribution < 1.29 is 14.0 Å². The molecule has 0 fully saturated rings. The van der Waals surface area contributed by atoms with Gasteiger partial charge < -0.3 is 25.3 Å². The summed E-state index contributed by atoms with van der Waals surface area (Å²) in [6, 6.07) is 6.76. The number of rotatable bonds is 8. The predicted octanol–water partition coefficient (Wildman–Crippen LogP) is 2.58. The van der Waals surface area contributed by atoms with Crippen LogP contribution in [0.15, 0.2) is 53.4 Å². The molecule has 0 saturated carbocycles. The minimum atomic E-state index is -0.623. The van der Waals surface area contributed by atoms with Gasteiger partial charge in [-0.05, 0) is 38.4 Å². The molecule has 1 aliphatic heterocycles. The highest BCUT2D eigenvalue weighted by molar-refractivity contribution is 7.17. The Bertz CT molecular complexity index is 1140. The molecule has 32 heavy (non-hydrogen) atoms. The van der Waals surface area contributed by atoms with Crippen LogP contribution in [0.25, 0.3) is 16.5 Å². The number of likely N-dealkylation sites (N-methyl/N-ethyl adjacent to an activating group) is 1. The zero-order valence-electron chi connectivity index (χ0n) is 17.9. The number of nitrogens with one attached hydrogen (secondary N) is 1. The summed E-state index contributed by atoms with van der Waals surface area (Å²) in [5, 5.41) is 2.94. The van der Waals surface area contributed by atoms with Crippen molar-refractivity contribution in [3.63, 3.8) is 0 Å². The van der Waals surface area contributed by atoms with E-state index in [1.54, 1.807) is 24.7 Å². The Kier molecular flexibility index (Phi) is 6.38. The van der Waals surface area contributed by atoms with E-state index in [0.717, 1.165) is 28.2 Å². The zero-order chi connectivity index (χ0) is 22.7. The van der Waals surface area contributed by atoms with Gasteiger partial charge in [-0.25, -0.2) is 0 Å². The van der Waals surface area contributed by atoms with E-state index in [9.17, 15) is 9.59 Å². The van der Waals surface area contributed by atoms with Gasteiger partial charge in [-0.15, -0.1) is 11.3 Å². The molecule has 0 aromatic carbocycles. The summed E-state index contributed by atoms with van der Waals surface area (Å²) in [6.45, 7) is 1.71. The van der Waals surface area contributed by atoms with Crippen LogP contribution in [0.1, 0.15) is 21.0 Å². The molecule has 0 aliphatic carbocycles. The van der Waals surface area contributed by atoms with E-state index in [1.807, 2.05) is 54.2 Å². The van der Waals surface area contributed by atoms with Gasteiger partial charge in [0, 0.05) is 41.5 Å². The van der Waals surface area contributed by atoms with Crippen molar-refractivity contribution in [2.24, 2.45) is 5.73 Å². The molecule has 1 unspecified atom stereocenters. The second-order valence-corrected chi connectivity index (χ2v) is 8.85. The Labute approximate surface area is 190 Å². The van der Waals surface area contributed by atoms with E-state index < -0.39 is 11.9 Å². The average molecular weight is 452 g/mol. The van der Waals surface area contributed by atoms with Crippen LogP contribution < -0.4 is 16.0 Å². The lowest BCUT2D eigenvalue weighted by molar-refractivity contribution is -0.118. The van der Waals surface area contributed by atoms with Gasteiger partial charge in [0.25, 0.3) is 5.91 Å². The maximum atomic E-state index is 12.5. The van der Waals surface area contributed by atoms with E-state index >= 15 is 0 Å². The van der Waals surface area contributed by atoms with E-state index in [1.165, 1.54) is 11.3 Å². The Morgan fingerprint density at radius 2 is 2.12 bits per heavy atom. The van der Waals surface area contributed by atoms with E-state index in [4.69, 9.17) is 10.2 Å². The van der Waals surface area contributed by atoms with Crippen molar-refractivity contribution >= 4 is 34.9 Å². The molecular weight excluding hydrogens is 426 g/mol. The number of furan rings is 1. The van der Waals surface area contributed by atoms with Crippen molar-refractivity contribution in [1.82, 2.24) is 15.2 Å². The second-order valence-electron chi connectivity index (χ2n) is 7.76. The monoisotopic (exact) mass is 451 g/mol. The van der Waals surface area contributed by atoms with Crippen LogP contribution in [0.2, 0.25) is 0 Å². The van der Waals surface area contributed by atoms with Crippen molar-refractivity contribution in [3.05, 3.63) is 65.2 Å². The number of carbonyl (C=O) groups is 2. The largest absolute Gasteiger partial charge is 0.467 e. The zero-order valence-corrected chi connectivity index (χ0v) is 18.8. The van der Waals surface area contributed by atoms with Crippen LogP contribution in [0.4, 0.5) is 5.69 Å². The molecule has 2 amide bonds. The molecule has 3 aromatic heterocycles. The second kappa shape index (κ2) is 9.37. The maximum absolute atomic E-state index is 12.5. The number of amides is 2. The fourth-order valence-electron chi connectivity index (χ4n) is 3.61. The van der Waals surface area contributed by atoms with Gasteiger partial charge in [-0.3, -0.25) is 14.6 Å². The van der Waals surface area contributed by atoms with Gasteiger partial charge in [0.2, 0.25) is 5.91 Å². The minimum absolute atomic E-state index is 0.108. The standard InChI is InChI=1S/C23H25N5O3S/c1-27(2)10-9-26-23(30)20-8-7-19(32-20)17-13-25-12-15-5-6-18(22(24)29)28(21(15)17)14-16-4-3-11-31-16/h3-8,11-13,18H,9-10,14H2,1-2H3,(H2,24,29)(H,26,30). The van der Waals surface area contributed by atoms with Crippen LogP contribution in [-0.4, -0.2) is 54.9 Å². The number of aromatic nitrogens is 1. The van der Waals surface area contributed by atoms with Crippen LogP contribution in [-0.2, 0) is 11.3 Å². The molecule has 4 heterocycles. The molecular formula is C23H25N5O3S. The lowest BCUT2D eigenvalue weighted by Gasteiger charge is -2.34. The normalized spacial score (nSPS) is 15.1. The van der Waals surface area contributed by atoms with Crippen molar-refractivity contribution in [2.75, 3.05) is 32.1 Å². The summed E-state index contributed by atoms with van der Waals surface area (Å²) >= 11 is 1.39. The predicted molar refractivity (Wildman–Crippen MR) is 125 cm³/mol. The molecule has 0 saturated heterocycles. The minimum Gasteiger partial charge on any atom is -0.467 e. The van der Waals surface area contributed by atoms with Crippen LogP contribution in [0, 0.1) is 0 Å². The molecule has 9 heteroatoms.